The highest BCUT2D eigenvalue weighted by Crippen LogP contribution is 2.27. The maximum Gasteiger partial charge on any atom is 0.242 e. The van der Waals surface area contributed by atoms with Crippen LogP contribution in [0.1, 0.15) is 19.3 Å². The molecule has 4 nitrogen and oxygen atoms in total. The molecule has 0 aliphatic heterocycles. The van der Waals surface area contributed by atoms with Crippen LogP contribution in [0.15, 0.2) is 29.2 Å². The fourth-order valence-electron chi connectivity index (χ4n) is 2.40. The van der Waals surface area contributed by atoms with Crippen molar-refractivity contribution >= 4 is 34.0 Å². The normalized spacial score (nSPS) is 23.1. The zero-order valence-corrected chi connectivity index (χ0v) is 12.8. The lowest BCUT2D eigenvalue weighted by Crippen LogP contribution is -2.39. The van der Waals surface area contributed by atoms with Gasteiger partial charge in [0.05, 0.1) is 5.02 Å². The number of rotatable bonds is 4. The number of benzene rings is 1. The molecule has 0 spiro atoms. The third kappa shape index (κ3) is 3.83. The van der Waals surface area contributed by atoms with Crippen LogP contribution in [0.3, 0.4) is 0 Å². The van der Waals surface area contributed by atoms with Gasteiger partial charge in [-0.3, -0.25) is 0 Å². The van der Waals surface area contributed by atoms with Gasteiger partial charge in [0.15, 0.2) is 0 Å². The lowest BCUT2D eigenvalue weighted by Gasteiger charge is -2.19. The van der Waals surface area contributed by atoms with Gasteiger partial charge in [-0.2, -0.15) is 0 Å². The van der Waals surface area contributed by atoms with Crippen LogP contribution in [-0.4, -0.2) is 21.0 Å². The van der Waals surface area contributed by atoms with E-state index in [4.69, 9.17) is 17.3 Å². The molecular formula is C12H18Cl2N2O2S. The molecule has 0 bridgehead atoms. The number of hydrogen-bond acceptors (Lipinski definition) is 3. The van der Waals surface area contributed by atoms with E-state index in [9.17, 15) is 8.42 Å². The van der Waals surface area contributed by atoms with Gasteiger partial charge in [0, 0.05) is 6.04 Å². The first-order chi connectivity index (χ1) is 8.54. The average Bonchev–Trinajstić information content (AvgIpc) is 2.76. The zero-order chi connectivity index (χ0) is 13.2. The Morgan fingerprint density at radius 3 is 2.63 bits per heavy atom. The van der Waals surface area contributed by atoms with Crippen molar-refractivity contribution in [3.05, 3.63) is 29.3 Å². The van der Waals surface area contributed by atoms with Crippen molar-refractivity contribution < 1.29 is 8.42 Å². The molecule has 108 valence electrons. The van der Waals surface area contributed by atoms with E-state index in [1.165, 1.54) is 6.07 Å². The molecule has 2 atom stereocenters. The SMILES string of the molecule is Cl.NCC1CCCC1NS(=O)(=O)c1ccccc1Cl. The Balaban J connectivity index is 0.00000180. The van der Waals surface area contributed by atoms with Gasteiger partial charge in [0.2, 0.25) is 10.0 Å². The maximum absolute atomic E-state index is 12.2. The molecule has 1 aliphatic rings. The predicted octanol–water partition coefficient (Wildman–Crippen LogP) is 2.17. The summed E-state index contributed by atoms with van der Waals surface area (Å²) >= 11 is 5.92. The summed E-state index contributed by atoms with van der Waals surface area (Å²) < 4.78 is 27.2. The van der Waals surface area contributed by atoms with E-state index in [1.54, 1.807) is 18.2 Å². The molecule has 0 heterocycles. The second-order valence-electron chi connectivity index (χ2n) is 4.58. The van der Waals surface area contributed by atoms with E-state index in [0.717, 1.165) is 19.3 Å². The van der Waals surface area contributed by atoms with E-state index in [2.05, 4.69) is 4.72 Å². The Labute approximate surface area is 125 Å². The van der Waals surface area contributed by atoms with Crippen LogP contribution in [-0.2, 0) is 10.0 Å². The highest BCUT2D eigenvalue weighted by molar-refractivity contribution is 7.89. The largest absolute Gasteiger partial charge is 0.330 e. The average molecular weight is 325 g/mol. The third-order valence-electron chi connectivity index (χ3n) is 3.39. The Morgan fingerprint density at radius 2 is 2.00 bits per heavy atom. The van der Waals surface area contributed by atoms with Gasteiger partial charge in [-0.1, -0.05) is 30.2 Å². The predicted molar refractivity (Wildman–Crippen MR) is 79.2 cm³/mol. The van der Waals surface area contributed by atoms with Gasteiger partial charge >= 0.3 is 0 Å². The molecule has 0 aromatic heterocycles. The monoisotopic (exact) mass is 324 g/mol. The summed E-state index contributed by atoms with van der Waals surface area (Å²) in [7, 11) is -3.55. The van der Waals surface area contributed by atoms with E-state index in [-0.39, 0.29) is 34.3 Å². The Bertz CT molecular complexity index is 522. The molecule has 0 amide bonds. The first kappa shape index (κ1) is 16.7. The second-order valence-corrected chi connectivity index (χ2v) is 6.67. The summed E-state index contributed by atoms with van der Waals surface area (Å²) in [5, 5.41) is 0.243. The summed E-state index contributed by atoms with van der Waals surface area (Å²) in [4.78, 5) is 0.134. The zero-order valence-electron chi connectivity index (χ0n) is 10.4. The van der Waals surface area contributed by atoms with Crippen molar-refractivity contribution in [1.82, 2.24) is 4.72 Å². The van der Waals surface area contributed by atoms with Gasteiger partial charge in [-0.05, 0) is 37.4 Å². The van der Waals surface area contributed by atoms with E-state index >= 15 is 0 Å². The fraction of sp³-hybridized carbons (Fsp3) is 0.500. The van der Waals surface area contributed by atoms with Crippen molar-refractivity contribution in [2.45, 2.75) is 30.2 Å². The summed E-state index contributed by atoms with van der Waals surface area (Å²) in [6.45, 7) is 0.510. The van der Waals surface area contributed by atoms with Gasteiger partial charge < -0.3 is 5.73 Å². The maximum atomic E-state index is 12.2. The molecule has 1 saturated carbocycles. The number of nitrogens with two attached hydrogens (primary N) is 1. The van der Waals surface area contributed by atoms with Crippen molar-refractivity contribution in [3.8, 4) is 0 Å². The lowest BCUT2D eigenvalue weighted by atomic mass is 10.1. The van der Waals surface area contributed by atoms with Crippen molar-refractivity contribution in [3.63, 3.8) is 0 Å². The lowest BCUT2D eigenvalue weighted by molar-refractivity contribution is 0.453. The van der Waals surface area contributed by atoms with E-state index in [0.29, 0.717) is 6.54 Å². The third-order valence-corrected chi connectivity index (χ3v) is 5.38. The van der Waals surface area contributed by atoms with Crippen LogP contribution in [0.2, 0.25) is 5.02 Å². The molecular weight excluding hydrogens is 307 g/mol. The van der Waals surface area contributed by atoms with Crippen molar-refractivity contribution in [2.75, 3.05) is 6.54 Å². The summed E-state index contributed by atoms with van der Waals surface area (Å²) in [6, 6.07) is 6.38. The van der Waals surface area contributed by atoms with Crippen molar-refractivity contribution in [2.24, 2.45) is 11.7 Å². The minimum absolute atomic E-state index is 0. The number of halogens is 2. The highest BCUT2D eigenvalue weighted by Gasteiger charge is 2.30. The molecule has 2 rings (SSSR count). The van der Waals surface area contributed by atoms with Crippen LogP contribution in [0, 0.1) is 5.92 Å². The molecule has 0 saturated heterocycles. The molecule has 3 N–H and O–H groups in total. The molecule has 1 fully saturated rings. The topological polar surface area (TPSA) is 72.2 Å². The van der Waals surface area contributed by atoms with Gasteiger partial charge in [0.1, 0.15) is 4.90 Å². The quantitative estimate of drug-likeness (QED) is 0.891. The molecule has 2 unspecified atom stereocenters. The van der Waals surface area contributed by atoms with Crippen LogP contribution in [0.5, 0.6) is 0 Å². The summed E-state index contributed by atoms with van der Waals surface area (Å²) in [5.74, 6) is 0.224. The standard InChI is InChI=1S/C12H17ClN2O2S.ClH/c13-10-5-1-2-7-12(10)18(16,17)15-11-6-3-4-9(11)8-14;/h1-2,5,7,9,11,15H,3-4,6,8,14H2;1H. The minimum atomic E-state index is -3.55. The first-order valence-electron chi connectivity index (χ1n) is 6.01. The van der Waals surface area contributed by atoms with Crippen LogP contribution >= 0.6 is 24.0 Å². The molecule has 7 heteroatoms. The minimum Gasteiger partial charge on any atom is -0.330 e. The Kier molecular flexibility index (Phi) is 6.08. The Morgan fingerprint density at radius 1 is 1.32 bits per heavy atom. The van der Waals surface area contributed by atoms with Gasteiger partial charge in [0.25, 0.3) is 0 Å². The smallest absolute Gasteiger partial charge is 0.242 e. The van der Waals surface area contributed by atoms with Gasteiger partial charge in [-0.25, -0.2) is 13.1 Å². The van der Waals surface area contributed by atoms with Crippen LogP contribution in [0.4, 0.5) is 0 Å². The Hall–Kier alpha value is -0.330. The molecule has 1 aromatic carbocycles. The van der Waals surface area contributed by atoms with Gasteiger partial charge in [-0.15, -0.1) is 12.4 Å². The molecule has 19 heavy (non-hydrogen) atoms. The van der Waals surface area contributed by atoms with Crippen LogP contribution < -0.4 is 10.5 Å². The molecule has 1 aromatic rings. The number of sulfonamides is 1. The summed E-state index contributed by atoms with van der Waals surface area (Å²) in [6.07, 6.45) is 2.83. The molecule has 0 radical (unpaired) electrons. The summed E-state index contributed by atoms with van der Waals surface area (Å²) in [5.41, 5.74) is 5.65. The van der Waals surface area contributed by atoms with E-state index in [1.807, 2.05) is 0 Å². The highest BCUT2D eigenvalue weighted by atomic mass is 35.5. The van der Waals surface area contributed by atoms with E-state index < -0.39 is 10.0 Å². The van der Waals surface area contributed by atoms with Crippen LogP contribution in [0.25, 0.3) is 0 Å². The number of nitrogens with one attached hydrogen (secondary N) is 1. The van der Waals surface area contributed by atoms with Crippen molar-refractivity contribution in [1.29, 1.82) is 0 Å². The number of hydrogen-bond donors (Lipinski definition) is 2. The fourth-order valence-corrected chi connectivity index (χ4v) is 4.26. The molecule has 1 aliphatic carbocycles. The second kappa shape index (κ2) is 6.90. The first-order valence-corrected chi connectivity index (χ1v) is 7.87.